The molecule has 6 nitrogen and oxygen atoms in total. The van der Waals surface area contributed by atoms with Crippen LogP contribution in [-0.4, -0.2) is 33.8 Å². The number of hydrogen-bond acceptors (Lipinski definition) is 3. The Hall–Kier alpha value is -1.71. The van der Waals surface area contributed by atoms with Gasteiger partial charge in [-0.15, -0.1) is 34.2 Å². The molecule has 1 fully saturated rings. The van der Waals surface area contributed by atoms with Gasteiger partial charge in [-0.2, -0.15) is 0 Å². The van der Waals surface area contributed by atoms with E-state index in [0.29, 0.717) is 6.54 Å². The van der Waals surface area contributed by atoms with Crippen LogP contribution in [0.1, 0.15) is 56.2 Å². The minimum absolute atomic E-state index is 0. The van der Waals surface area contributed by atoms with E-state index in [0.717, 1.165) is 62.1 Å². The monoisotopic (exact) mass is 512 g/mol. The van der Waals surface area contributed by atoms with E-state index in [1.165, 1.54) is 25.3 Å². The van der Waals surface area contributed by atoms with E-state index >= 15 is 0 Å². The van der Waals surface area contributed by atoms with Crippen LogP contribution < -0.4 is 10.6 Å². The van der Waals surface area contributed by atoms with E-state index < -0.39 is 0 Å². The van der Waals surface area contributed by atoms with Crippen molar-refractivity contribution in [3.8, 4) is 0 Å². The van der Waals surface area contributed by atoms with Gasteiger partial charge in [-0.1, -0.05) is 18.6 Å². The van der Waals surface area contributed by atoms with Gasteiger partial charge in [-0.05, 0) is 50.3 Å². The fraction of sp³-hybridized carbons (Fsp3) is 0.571. The number of benzene rings is 1. The lowest BCUT2D eigenvalue weighted by atomic mass is 9.96. The Kier molecular flexibility index (Phi) is 7.48. The van der Waals surface area contributed by atoms with E-state index in [1.807, 2.05) is 6.07 Å². The standard InChI is InChI=1S/C21H29FN6.HI/c1-2-23-20(24-14-19-27-26-18-9-4-3-5-12-28(18)19)25-15-21(10-11-21)16-7-6-8-17(22)13-16;/h6-8,13H,2-5,9-12,14-15H2,1H3,(H2,23,24,25);1H. The van der Waals surface area contributed by atoms with Gasteiger partial charge in [0.15, 0.2) is 11.8 Å². The number of rotatable bonds is 6. The van der Waals surface area contributed by atoms with Gasteiger partial charge in [0.2, 0.25) is 0 Å². The molecule has 2 N–H and O–H groups in total. The molecule has 29 heavy (non-hydrogen) atoms. The fourth-order valence-electron chi connectivity index (χ4n) is 3.94. The summed E-state index contributed by atoms with van der Waals surface area (Å²) in [5, 5.41) is 15.5. The van der Waals surface area contributed by atoms with Crippen molar-refractivity contribution in [2.24, 2.45) is 4.99 Å². The van der Waals surface area contributed by atoms with Crippen molar-refractivity contribution < 1.29 is 4.39 Å². The highest BCUT2D eigenvalue weighted by Crippen LogP contribution is 2.47. The van der Waals surface area contributed by atoms with Crippen molar-refractivity contribution in [3.05, 3.63) is 47.3 Å². The van der Waals surface area contributed by atoms with Crippen molar-refractivity contribution in [2.45, 2.75) is 64.0 Å². The minimum Gasteiger partial charge on any atom is -0.357 e. The lowest BCUT2D eigenvalue weighted by molar-refractivity contribution is 0.601. The predicted molar refractivity (Wildman–Crippen MR) is 123 cm³/mol. The molecular weight excluding hydrogens is 482 g/mol. The smallest absolute Gasteiger partial charge is 0.191 e. The van der Waals surface area contributed by atoms with Crippen LogP contribution in [0.15, 0.2) is 29.3 Å². The second kappa shape index (κ2) is 9.86. The normalized spacial score (nSPS) is 17.7. The zero-order valence-corrected chi connectivity index (χ0v) is 19.3. The number of aliphatic imine (C=N–C) groups is 1. The van der Waals surface area contributed by atoms with Crippen molar-refractivity contribution in [1.82, 2.24) is 25.4 Å². The Bertz CT molecular complexity index is 845. The van der Waals surface area contributed by atoms with Crippen LogP contribution in [0.4, 0.5) is 4.39 Å². The average molecular weight is 512 g/mol. The molecule has 0 amide bonds. The average Bonchev–Trinajstić information content (AvgIpc) is 3.45. The zero-order chi connectivity index (χ0) is 19.4. The van der Waals surface area contributed by atoms with Gasteiger partial charge in [0.05, 0.1) is 0 Å². The molecule has 8 heteroatoms. The van der Waals surface area contributed by atoms with E-state index in [9.17, 15) is 4.39 Å². The lowest BCUT2D eigenvalue weighted by Gasteiger charge is -2.19. The Morgan fingerprint density at radius 2 is 2.07 bits per heavy atom. The maximum atomic E-state index is 13.6. The van der Waals surface area contributed by atoms with Gasteiger partial charge in [0.1, 0.15) is 18.2 Å². The fourth-order valence-corrected chi connectivity index (χ4v) is 3.94. The van der Waals surface area contributed by atoms with Crippen LogP contribution in [0, 0.1) is 5.82 Å². The zero-order valence-electron chi connectivity index (χ0n) is 17.0. The van der Waals surface area contributed by atoms with Gasteiger partial charge in [-0.3, -0.25) is 0 Å². The molecule has 1 aromatic carbocycles. The number of guanidine groups is 1. The molecule has 0 unspecified atom stereocenters. The first-order valence-corrected chi connectivity index (χ1v) is 10.4. The first-order valence-electron chi connectivity index (χ1n) is 10.4. The van der Waals surface area contributed by atoms with E-state index in [-0.39, 0.29) is 35.2 Å². The molecule has 0 bridgehead atoms. The summed E-state index contributed by atoms with van der Waals surface area (Å²) in [4.78, 5) is 4.73. The summed E-state index contributed by atoms with van der Waals surface area (Å²) < 4.78 is 15.8. The molecule has 0 saturated heterocycles. The first-order chi connectivity index (χ1) is 13.7. The second-order valence-corrected chi connectivity index (χ2v) is 7.83. The highest BCUT2D eigenvalue weighted by Gasteiger charge is 2.44. The van der Waals surface area contributed by atoms with Gasteiger partial charge in [0.25, 0.3) is 0 Å². The Labute approximate surface area is 188 Å². The maximum absolute atomic E-state index is 13.6. The molecule has 2 aromatic rings. The lowest BCUT2D eigenvalue weighted by Crippen LogP contribution is -2.41. The van der Waals surface area contributed by atoms with Crippen molar-refractivity contribution in [1.29, 1.82) is 0 Å². The van der Waals surface area contributed by atoms with Crippen molar-refractivity contribution >= 4 is 29.9 Å². The number of aromatic nitrogens is 3. The quantitative estimate of drug-likeness (QED) is 0.353. The SMILES string of the molecule is CCNC(=NCc1nnc2n1CCCCC2)NCC1(c2cccc(F)c2)CC1.I. The van der Waals surface area contributed by atoms with Crippen LogP contribution in [-0.2, 0) is 24.9 Å². The summed E-state index contributed by atoms with van der Waals surface area (Å²) in [6.07, 6.45) is 6.76. The summed E-state index contributed by atoms with van der Waals surface area (Å²) in [5.41, 5.74) is 1.09. The highest BCUT2D eigenvalue weighted by atomic mass is 127. The predicted octanol–water partition coefficient (Wildman–Crippen LogP) is 3.55. The first kappa shape index (κ1) is 22.0. The topological polar surface area (TPSA) is 67.1 Å². The number of halogens is 2. The van der Waals surface area contributed by atoms with Gasteiger partial charge in [0, 0.05) is 31.5 Å². The molecule has 2 heterocycles. The third-order valence-electron chi connectivity index (χ3n) is 5.79. The summed E-state index contributed by atoms with van der Waals surface area (Å²) in [7, 11) is 0. The van der Waals surface area contributed by atoms with Crippen LogP contribution in [0.25, 0.3) is 0 Å². The minimum atomic E-state index is -0.170. The van der Waals surface area contributed by atoms with Crippen molar-refractivity contribution in [3.63, 3.8) is 0 Å². The Morgan fingerprint density at radius 3 is 2.83 bits per heavy atom. The Balaban J connectivity index is 0.00000240. The summed E-state index contributed by atoms with van der Waals surface area (Å²) in [6.45, 7) is 5.09. The number of aryl methyl sites for hydroxylation is 1. The number of hydrogen-bond donors (Lipinski definition) is 2. The molecule has 1 aliphatic carbocycles. The Morgan fingerprint density at radius 1 is 1.21 bits per heavy atom. The molecular formula is C21H30FIN6. The molecule has 0 radical (unpaired) electrons. The van der Waals surface area contributed by atoms with E-state index in [4.69, 9.17) is 4.99 Å². The molecule has 0 atom stereocenters. The van der Waals surface area contributed by atoms with Gasteiger partial charge < -0.3 is 15.2 Å². The second-order valence-electron chi connectivity index (χ2n) is 7.83. The number of nitrogens with one attached hydrogen (secondary N) is 2. The largest absolute Gasteiger partial charge is 0.357 e. The summed E-state index contributed by atoms with van der Waals surface area (Å²) >= 11 is 0. The third kappa shape index (κ3) is 5.26. The van der Waals surface area contributed by atoms with Crippen LogP contribution >= 0.6 is 24.0 Å². The molecule has 2 aliphatic rings. The third-order valence-corrected chi connectivity index (χ3v) is 5.79. The van der Waals surface area contributed by atoms with Gasteiger partial charge in [-0.25, -0.2) is 9.38 Å². The van der Waals surface area contributed by atoms with E-state index in [1.54, 1.807) is 12.1 Å². The number of fused-ring (bicyclic) bond motifs is 1. The van der Waals surface area contributed by atoms with Crippen LogP contribution in [0.3, 0.4) is 0 Å². The van der Waals surface area contributed by atoms with E-state index in [2.05, 4.69) is 32.3 Å². The van der Waals surface area contributed by atoms with Crippen LogP contribution in [0.5, 0.6) is 0 Å². The highest BCUT2D eigenvalue weighted by molar-refractivity contribution is 14.0. The molecule has 158 valence electrons. The summed E-state index contributed by atoms with van der Waals surface area (Å²) in [5.74, 6) is 2.62. The summed E-state index contributed by atoms with van der Waals surface area (Å²) in [6, 6.07) is 6.97. The molecule has 1 saturated carbocycles. The van der Waals surface area contributed by atoms with Crippen molar-refractivity contribution in [2.75, 3.05) is 13.1 Å². The number of nitrogens with zero attached hydrogens (tertiary/aromatic N) is 4. The molecule has 1 aliphatic heterocycles. The molecule has 4 rings (SSSR count). The maximum Gasteiger partial charge on any atom is 0.191 e. The van der Waals surface area contributed by atoms with Crippen LogP contribution in [0.2, 0.25) is 0 Å². The van der Waals surface area contributed by atoms with Gasteiger partial charge >= 0.3 is 0 Å². The molecule has 0 spiro atoms. The molecule has 1 aromatic heterocycles.